The molecule has 0 radical (unpaired) electrons. The van der Waals surface area contributed by atoms with Crippen molar-refractivity contribution in [3.05, 3.63) is 52.8 Å². The third-order valence-electron chi connectivity index (χ3n) is 7.96. The number of nitrogens with zero attached hydrogens (tertiary/aromatic N) is 3. The fourth-order valence-electron chi connectivity index (χ4n) is 6.10. The Bertz CT molecular complexity index is 943. The number of aryl methyl sites for hydroxylation is 1. The molecule has 33 heavy (non-hydrogen) atoms. The van der Waals surface area contributed by atoms with Gasteiger partial charge in [0.2, 0.25) is 0 Å². The minimum absolute atomic E-state index is 0.0848. The lowest BCUT2D eigenvalue weighted by atomic mass is 9.78. The van der Waals surface area contributed by atoms with Crippen LogP contribution in [0, 0.1) is 0 Å². The summed E-state index contributed by atoms with van der Waals surface area (Å²) < 4.78 is 7.57. The van der Waals surface area contributed by atoms with Crippen LogP contribution in [0.25, 0.3) is 0 Å². The summed E-state index contributed by atoms with van der Waals surface area (Å²) in [6.45, 7) is 6.64. The number of nitrogens with one attached hydrogen (secondary N) is 1. The van der Waals surface area contributed by atoms with Crippen molar-refractivity contribution in [2.24, 2.45) is 0 Å². The second-order valence-electron chi connectivity index (χ2n) is 10.1. The summed E-state index contributed by atoms with van der Waals surface area (Å²) in [5.74, 6) is 0.0848. The molecule has 2 fully saturated rings. The van der Waals surface area contributed by atoms with Crippen molar-refractivity contribution in [1.82, 2.24) is 20.0 Å². The molecular formula is C27H38N4O2. The molecule has 178 valence electrons. The molecule has 6 heteroatoms. The number of hydrogen-bond donors (Lipinski definition) is 1. The topological polar surface area (TPSA) is 59.4 Å². The number of hydrogen-bond acceptors (Lipinski definition) is 4. The first-order valence-corrected chi connectivity index (χ1v) is 12.9. The third kappa shape index (κ3) is 4.60. The lowest BCUT2D eigenvalue weighted by molar-refractivity contribution is 0.0297. The Morgan fingerprint density at radius 1 is 1.18 bits per heavy atom. The first-order valence-electron chi connectivity index (χ1n) is 12.9. The van der Waals surface area contributed by atoms with Crippen LogP contribution in [-0.2, 0) is 29.5 Å². The summed E-state index contributed by atoms with van der Waals surface area (Å²) in [6.07, 6.45) is 9.18. The van der Waals surface area contributed by atoms with E-state index in [1.165, 1.54) is 42.5 Å². The fraction of sp³-hybridized carbons (Fsp3) is 0.630. The van der Waals surface area contributed by atoms with Crippen LogP contribution in [-0.4, -0.2) is 59.5 Å². The zero-order valence-corrected chi connectivity index (χ0v) is 20.0. The fourth-order valence-corrected chi connectivity index (χ4v) is 6.10. The van der Waals surface area contributed by atoms with Gasteiger partial charge >= 0.3 is 0 Å². The van der Waals surface area contributed by atoms with Gasteiger partial charge in [-0.15, -0.1) is 0 Å². The molecule has 2 aromatic rings. The van der Waals surface area contributed by atoms with E-state index in [0.29, 0.717) is 38.0 Å². The molecule has 2 heterocycles. The highest BCUT2D eigenvalue weighted by atomic mass is 16.5. The molecule has 1 atom stereocenters. The minimum Gasteiger partial charge on any atom is -0.378 e. The van der Waals surface area contributed by atoms with Crippen molar-refractivity contribution < 1.29 is 9.53 Å². The molecule has 1 aromatic heterocycles. The molecule has 1 saturated carbocycles. The van der Waals surface area contributed by atoms with E-state index in [0.717, 1.165) is 38.8 Å². The third-order valence-corrected chi connectivity index (χ3v) is 7.96. The van der Waals surface area contributed by atoms with Crippen LogP contribution in [0.5, 0.6) is 0 Å². The Kier molecular flexibility index (Phi) is 6.84. The molecule has 0 unspecified atom stereocenters. The van der Waals surface area contributed by atoms with E-state index in [1.807, 2.05) is 4.90 Å². The number of amides is 1. The van der Waals surface area contributed by atoms with Crippen LogP contribution < -0.4 is 5.32 Å². The maximum Gasteiger partial charge on any atom is 0.274 e. The maximum atomic E-state index is 13.4. The molecule has 1 aromatic carbocycles. The van der Waals surface area contributed by atoms with Crippen LogP contribution in [0.15, 0.2) is 30.3 Å². The Balaban J connectivity index is 1.33. The van der Waals surface area contributed by atoms with Crippen molar-refractivity contribution in [3.8, 4) is 0 Å². The van der Waals surface area contributed by atoms with Gasteiger partial charge in [0, 0.05) is 48.9 Å². The highest BCUT2D eigenvalue weighted by molar-refractivity contribution is 5.94. The largest absolute Gasteiger partial charge is 0.378 e. The first kappa shape index (κ1) is 22.6. The Hall–Kier alpha value is -2.18. The number of fused-ring (bicyclic) bond motifs is 1. The first-order chi connectivity index (χ1) is 16.2. The normalized spacial score (nSPS) is 22.3. The average molecular weight is 451 g/mol. The Labute approximate surface area is 197 Å². The van der Waals surface area contributed by atoms with Crippen molar-refractivity contribution in [2.75, 3.05) is 32.8 Å². The molecule has 2 aliphatic carbocycles. The van der Waals surface area contributed by atoms with E-state index in [-0.39, 0.29) is 11.3 Å². The van der Waals surface area contributed by atoms with Crippen molar-refractivity contribution >= 4 is 5.91 Å². The molecule has 5 rings (SSSR count). The zero-order chi connectivity index (χ0) is 22.7. The molecule has 3 aliphatic rings. The van der Waals surface area contributed by atoms with E-state index >= 15 is 0 Å². The van der Waals surface area contributed by atoms with E-state index in [1.54, 1.807) is 0 Å². The SMILES string of the molecule is CCCn1nc(C(=O)N2CCOCC2)c2c1CC[C@H](NCC1(c3ccccc3)CCCC1)C2. The lowest BCUT2D eigenvalue weighted by Gasteiger charge is -2.34. The number of ether oxygens (including phenoxy) is 1. The summed E-state index contributed by atoms with van der Waals surface area (Å²) >= 11 is 0. The van der Waals surface area contributed by atoms with Crippen LogP contribution in [0.1, 0.15) is 72.8 Å². The zero-order valence-electron chi connectivity index (χ0n) is 20.0. The van der Waals surface area contributed by atoms with Crippen LogP contribution in [0.3, 0.4) is 0 Å². The number of carbonyl (C=O) groups excluding carboxylic acids is 1. The lowest BCUT2D eigenvalue weighted by Crippen LogP contribution is -2.44. The highest BCUT2D eigenvalue weighted by Gasteiger charge is 2.37. The van der Waals surface area contributed by atoms with E-state index in [9.17, 15) is 4.79 Å². The molecule has 1 aliphatic heterocycles. The molecular weight excluding hydrogens is 412 g/mol. The van der Waals surface area contributed by atoms with Gasteiger partial charge in [0.1, 0.15) is 0 Å². The molecule has 1 saturated heterocycles. The van der Waals surface area contributed by atoms with Gasteiger partial charge in [-0.1, -0.05) is 50.1 Å². The summed E-state index contributed by atoms with van der Waals surface area (Å²) in [5.41, 5.74) is 4.88. The predicted molar refractivity (Wildman–Crippen MR) is 130 cm³/mol. The second kappa shape index (κ2) is 9.98. The Morgan fingerprint density at radius 2 is 1.94 bits per heavy atom. The van der Waals surface area contributed by atoms with Crippen LogP contribution in [0.2, 0.25) is 0 Å². The van der Waals surface area contributed by atoms with E-state index < -0.39 is 0 Å². The molecule has 0 spiro atoms. The monoisotopic (exact) mass is 450 g/mol. The maximum absolute atomic E-state index is 13.4. The number of benzene rings is 1. The van der Waals surface area contributed by atoms with Gasteiger partial charge in [0.05, 0.1) is 13.2 Å². The second-order valence-corrected chi connectivity index (χ2v) is 10.1. The van der Waals surface area contributed by atoms with Gasteiger partial charge in [-0.3, -0.25) is 9.48 Å². The molecule has 1 amide bonds. The quantitative estimate of drug-likeness (QED) is 0.698. The van der Waals surface area contributed by atoms with Gasteiger partial charge in [0.25, 0.3) is 5.91 Å². The van der Waals surface area contributed by atoms with Crippen molar-refractivity contribution in [2.45, 2.75) is 76.3 Å². The number of morpholine rings is 1. The molecule has 1 N–H and O–H groups in total. The molecule has 6 nitrogen and oxygen atoms in total. The number of rotatable bonds is 7. The van der Waals surface area contributed by atoms with Crippen LogP contribution >= 0.6 is 0 Å². The summed E-state index contributed by atoms with van der Waals surface area (Å²) in [7, 11) is 0. The van der Waals surface area contributed by atoms with Crippen LogP contribution in [0.4, 0.5) is 0 Å². The molecule has 0 bridgehead atoms. The van der Waals surface area contributed by atoms with Gasteiger partial charge in [0.15, 0.2) is 5.69 Å². The van der Waals surface area contributed by atoms with Crippen molar-refractivity contribution in [1.29, 1.82) is 0 Å². The van der Waals surface area contributed by atoms with Gasteiger partial charge < -0.3 is 15.0 Å². The smallest absolute Gasteiger partial charge is 0.274 e. The van der Waals surface area contributed by atoms with Crippen molar-refractivity contribution in [3.63, 3.8) is 0 Å². The number of aromatic nitrogens is 2. The minimum atomic E-state index is 0.0848. The predicted octanol–water partition coefficient (Wildman–Crippen LogP) is 3.72. The summed E-state index contributed by atoms with van der Waals surface area (Å²) in [4.78, 5) is 15.3. The standard InChI is InChI=1S/C27H38N4O2/c1-2-14-31-24-11-10-22(19-23(24)25(29-31)26(32)30-15-17-33-18-16-30)28-20-27(12-6-7-13-27)21-8-4-3-5-9-21/h3-5,8-9,22,28H,2,6-7,10-20H2,1H3/t22-/m0/s1. The number of carbonyl (C=O) groups is 1. The summed E-state index contributed by atoms with van der Waals surface area (Å²) in [5, 5.41) is 8.80. The Morgan fingerprint density at radius 3 is 2.67 bits per heavy atom. The van der Waals surface area contributed by atoms with E-state index in [4.69, 9.17) is 9.84 Å². The van der Waals surface area contributed by atoms with E-state index in [2.05, 4.69) is 47.3 Å². The van der Waals surface area contributed by atoms with Gasteiger partial charge in [-0.25, -0.2) is 0 Å². The average Bonchev–Trinajstić information content (AvgIpc) is 3.49. The van der Waals surface area contributed by atoms with Gasteiger partial charge in [-0.2, -0.15) is 5.10 Å². The van der Waals surface area contributed by atoms with Gasteiger partial charge in [-0.05, 0) is 44.1 Å². The summed E-state index contributed by atoms with van der Waals surface area (Å²) in [6, 6.07) is 11.5. The highest BCUT2D eigenvalue weighted by Crippen LogP contribution is 2.41.